The van der Waals surface area contributed by atoms with Gasteiger partial charge in [0.15, 0.2) is 9.84 Å². The van der Waals surface area contributed by atoms with Crippen molar-refractivity contribution < 1.29 is 21.9 Å². The number of hydrogen-bond acceptors (Lipinski definition) is 5. The van der Waals surface area contributed by atoms with Crippen LogP contribution in [0.3, 0.4) is 0 Å². The number of sulfonamides is 1. The van der Waals surface area contributed by atoms with Gasteiger partial charge >= 0.3 is 0 Å². The van der Waals surface area contributed by atoms with Crippen molar-refractivity contribution in [1.82, 2.24) is 4.31 Å². The second kappa shape index (κ2) is 6.79. The first-order valence-electron chi connectivity index (χ1n) is 7.21. The zero-order valence-electron chi connectivity index (χ0n) is 12.9. The third kappa shape index (κ3) is 3.79. The summed E-state index contributed by atoms with van der Waals surface area (Å²) in [6, 6.07) is 3.45. The number of nitrogens with zero attached hydrogens (tertiary/aromatic N) is 1. The van der Waals surface area contributed by atoms with Crippen LogP contribution in [0.5, 0.6) is 0 Å². The summed E-state index contributed by atoms with van der Waals surface area (Å²) in [5, 5.41) is 9.58. The fourth-order valence-electron chi connectivity index (χ4n) is 2.82. The molecule has 0 aliphatic carbocycles. The van der Waals surface area contributed by atoms with Gasteiger partial charge < -0.3 is 5.11 Å². The fourth-order valence-corrected chi connectivity index (χ4v) is 6.24. The van der Waals surface area contributed by atoms with Crippen LogP contribution >= 0.6 is 15.9 Å². The lowest BCUT2D eigenvalue weighted by Crippen LogP contribution is -2.49. The highest BCUT2D eigenvalue weighted by atomic mass is 79.9. The molecular weight excluding hydrogens is 406 g/mol. The number of piperidine rings is 1. The molecule has 2 rings (SSSR count). The van der Waals surface area contributed by atoms with E-state index in [0.29, 0.717) is 17.4 Å². The van der Waals surface area contributed by atoms with Crippen molar-refractivity contribution in [1.29, 1.82) is 0 Å². The fraction of sp³-hybridized carbons (Fsp3) is 0.571. The van der Waals surface area contributed by atoms with Crippen LogP contribution in [0.2, 0.25) is 0 Å². The predicted octanol–water partition coefficient (Wildman–Crippen LogP) is 1.63. The van der Waals surface area contributed by atoms with Gasteiger partial charge in [-0.15, -0.1) is 0 Å². The number of halogens is 1. The molecule has 1 N–H and O–H groups in total. The second-order valence-electron chi connectivity index (χ2n) is 5.85. The molecule has 0 unspecified atom stereocenters. The Labute approximate surface area is 145 Å². The topological polar surface area (TPSA) is 91.8 Å². The lowest BCUT2D eigenvalue weighted by atomic mass is 9.93. The molecule has 2 atom stereocenters. The molecule has 1 aliphatic heterocycles. The molecule has 1 saturated heterocycles. The summed E-state index contributed by atoms with van der Waals surface area (Å²) < 4.78 is 51.0. The van der Waals surface area contributed by atoms with Gasteiger partial charge in [0.25, 0.3) is 0 Å². The van der Waals surface area contributed by atoms with Crippen molar-refractivity contribution in [3.8, 4) is 0 Å². The Kier molecular flexibility index (Phi) is 5.57. The normalized spacial score (nSPS) is 23.8. The number of aliphatic hydroxyl groups is 1. The predicted molar refractivity (Wildman–Crippen MR) is 90.4 cm³/mol. The molecule has 1 aliphatic rings. The zero-order valence-corrected chi connectivity index (χ0v) is 16.2. The Morgan fingerprint density at radius 2 is 1.96 bits per heavy atom. The standard InChI is InChI=1S/C14H20BrNO5S2/c1-10-4-3-7-16(13(10)9-17)23(20,21)14-8-11(22(2,18)19)5-6-12(14)15/h5-6,8,10,13,17H,3-4,7,9H2,1-2H3/t10-,13+/m1/s1. The van der Waals surface area contributed by atoms with Crippen LogP contribution in [0, 0.1) is 5.92 Å². The van der Waals surface area contributed by atoms with Crippen LogP contribution in [0.15, 0.2) is 32.5 Å². The quantitative estimate of drug-likeness (QED) is 0.791. The Morgan fingerprint density at radius 3 is 2.52 bits per heavy atom. The maximum atomic E-state index is 13.0. The smallest absolute Gasteiger partial charge is 0.244 e. The minimum atomic E-state index is -3.91. The van der Waals surface area contributed by atoms with Gasteiger partial charge in [-0.3, -0.25) is 0 Å². The van der Waals surface area contributed by atoms with Gasteiger partial charge in [-0.25, -0.2) is 16.8 Å². The van der Waals surface area contributed by atoms with Crippen LogP contribution in [0.25, 0.3) is 0 Å². The summed E-state index contributed by atoms with van der Waals surface area (Å²) in [6.07, 6.45) is 2.59. The van der Waals surface area contributed by atoms with E-state index in [0.717, 1.165) is 12.7 Å². The molecule has 23 heavy (non-hydrogen) atoms. The average Bonchev–Trinajstić information content (AvgIpc) is 2.45. The molecule has 0 radical (unpaired) electrons. The first-order valence-corrected chi connectivity index (χ1v) is 11.3. The minimum Gasteiger partial charge on any atom is -0.395 e. The number of aliphatic hydroxyl groups excluding tert-OH is 1. The van der Waals surface area contributed by atoms with E-state index in [4.69, 9.17) is 0 Å². The van der Waals surface area contributed by atoms with Crippen LogP contribution in [-0.4, -0.2) is 51.7 Å². The van der Waals surface area contributed by atoms with E-state index in [1.807, 2.05) is 6.92 Å². The van der Waals surface area contributed by atoms with Gasteiger partial charge in [0, 0.05) is 17.3 Å². The van der Waals surface area contributed by atoms with E-state index in [2.05, 4.69) is 15.9 Å². The number of sulfone groups is 1. The van der Waals surface area contributed by atoms with Crippen LogP contribution in [0.4, 0.5) is 0 Å². The van der Waals surface area contributed by atoms with E-state index < -0.39 is 25.9 Å². The molecule has 0 amide bonds. The molecule has 1 aromatic rings. The monoisotopic (exact) mass is 425 g/mol. The first-order chi connectivity index (χ1) is 10.6. The Hall–Kier alpha value is -0.480. The van der Waals surface area contributed by atoms with Gasteiger partial charge in [0.2, 0.25) is 10.0 Å². The second-order valence-corrected chi connectivity index (χ2v) is 10.6. The summed E-state index contributed by atoms with van der Waals surface area (Å²) in [5.74, 6) is 0.0420. The molecular formula is C14H20BrNO5S2. The summed E-state index contributed by atoms with van der Waals surface area (Å²) in [5.41, 5.74) is 0. The maximum Gasteiger partial charge on any atom is 0.244 e. The van der Waals surface area contributed by atoms with Crippen LogP contribution < -0.4 is 0 Å². The van der Waals surface area contributed by atoms with Gasteiger partial charge in [-0.2, -0.15) is 4.31 Å². The SMILES string of the molecule is C[C@@H]1CCCN(S(=O)(=O)c2cc(S(C)(=O)=O)ccc2Br)[C@H]1CO. The first kappa shape index (κ1) is 18.9. The molecule has 1 fully saturated rings. The third-order valence-electron chi connectivity index (χ3n) is 4.17. The minimum absolute atomic E-state index is 0.0420. The van der Waals surface area contributed by atoms with Gasteiger partial charge in [-0.05, 0) is 52.9 Å². The van der Waals surface area contributed by atoms with E-state index in [1.165, 1.54) is 22.5 Å². The third-order valence-corrected chi connectivity index (χ3v) is 8.20. The Bertz CT molecular complexity index is 791. The molecule has 0 bridgehead atoms. The number of hydrogen-bond donors (Lipinski definition) is 1. The maximum absolute atomic E-state index is 13.0. The summed E-state index contributed by atoms with van der Waals surface area (Å²) in [6.45, 7) is 1.96. The van der Waals surface area contributed by atoms with Crippen LogP contribution in [0.1, 0.15) is 19.8 Å². The highest BCUT2D eigenvalue weighted by Gasteiger charge is 2.38. The zero-order chi connectivity index (χ0) is 17.4. The highest BCUT2D eigenvalue weighted by molar-refractivity contribution is 9.10. The van der Waals surface area contributed by atoms with Crippen LogP contribution in [-0.2, 0) is 19.9 Å². The lowest BCUT2D eigenvalue weighted by Gasteiger charge is -2.38. The average molecular weight is 426 g/mol. The van der Waals surface area contributed by atoms with Gasteiger partial charge in [0.05, 0.1) is 22.4 Å². The van der Waals surface area contributed by atoms with Gasteiger partial charge in [0.1, 0.15) is 0 Å². The number of benzene rings is 1. The Morgan fingerprint density at radius 1 is 1.30 bits per heavy atom. The molecule has 1 heterocycles. The van der Waals surface area contributed by atoms with Crippen molar-refractivity contribution in [2.75, 3.05) is 19.4 Å². The van der Waals surface area contributed by atoms with Crippen molar-refractivity contribution in [3.63, 3.8) is 0 Å². The van der Waals surface area contributed by atoms with Gasteiger partial charge in [-0.1, -0.05) is 6.92 Å². The van der Waals surface area contributed by atoms with E-state index >= 15 is 0 Å². The van der Waals surface area contributed by atoms with E-state index in [1.54, 1.807) is 0 Å². The van der Waals surface area contributed by atoms with E-state index in [9.17, 15) is 21.9 Å². The molecule has 0 saturated carbocycles. The Balaban J connectivity index is 2.55. The lowest BCUT2D eigenvalue weighted by molar-refractivity contribution is 0.113. The molecule has 1 aromatic carbocycles. The van der Waals surface area contributed by atoms with Crippen molar-refractivity contribution in [2.24, 2.45) is 5.92 Å². The number of rotatable bonds is 4. The highest BCUT2D eigenvalue weighted by Crippen LogP contribution is 2.33. The summed E-state index contributed by atoms with van der Waals surface area (Å²) in [4.78, 5) is -0.141. The van der Waals surface area contributed by atoms with Crippen molar-refractivity contribution >= 4 is 35.8 Å². The molecule has 0 spiro atoms. The molecule has 9 heteroatoms. The van der Waals surface area contributed by atoms with Crippen molar-refractivity contribution in [2.45, 2.75) is 35.6 Å². The molecule has 0 aromatic heterocycles. The molecule has 6 nitrogen and oxygen atoms in total. The van der Waals surface area contributed by atoms with Crippen molar-refractivity contribution in [3.05, 3.63) is 22.7 Å². The molecule has 130 valence electrons. The van der Waals surface area contributed by atoms with E-state index in [-0.39, 0.29) is 22.3 Å². The largest absolute Gasteiger partial charge is 0.395 e. The summed E-state index contributed by atoms with van der Waals surface area (Å²) in [7, 11) is -7.42. The summed E-state index contributed by atoms with van der Waals surface area (Å²) >= 11 is 3.19.